The molecular weight excluding hydrogens is 574 g/mol. The van der Waals surface area contributed by atoms with Crippen LogP contribution in [-0.2, 0) is 10.0 Å². The molecule has 0 bridgehead atoms. The summed E-state index contributed by atoms with van der Waals surface area (Å²) in [5.74, 6) is -0.849. The van der Waals surface area contributed by atoms with Gasteiger partial charge in [0.05, 0.1) is 33.3 Å². The van der Waals surface area contributed by atoms with Crippen LogP contribution >= 0.6 is 11.3 Å². The van der Waals surface area contributed by atoms with E-state index in [0.29, 0.717) is 22.2 Å². The van der Waals surface area contributed by atoms with Crippen molar-refractivity contribution in [3.05, 3.63) is 95.8 Å². The van der Waals surface area contributed by atoms with E-state index in [0.717, 1.165) is 38.2 Å². The van der Waals surface area contributed by atoms with Crippen LogP contribution < -0.4 is 9.62 Å². The van der Waals surface area contributed by atoms with Gasteiger partial charge in [0.1, 0.15) is 10.6 Å². The molecule has 7 nitrogen and oxygen atoms in total. The molecule has 0 aliphatic heterocycles. The second-order valence-electron chi connectivity index (χ2n) is 9.85. The predicted octanol–water partition coefficient (Wildman–Crippen LogP) is 6.85. The van der Waals surface area contributed by atoms with Crippen molar-refractivity contribution in [2.24, 2.45) is 0 Å². The Labute approximate surface area is 246 Å². The number of anilines is 1. The average molecular weight is 598 g/mol. The number of hydrogen-bond acceptors (Lipinski definition) is 6. The Kier molecular flexibility index (Phi) is 6.72. The van der Waals surface area contributed by atoms with Gasteiger partial charge in [0.2, 0.25) is 10.0 Å². The summed E-state index contributed by atoms with van der Waals surface area (Å²) < 4.78 is 47.4. The minimum absolute atomic E-state index is 0.171. The number of aryl methyl sites for hydroxylation is 1. The molecule has 0 unspecified atom stereocenters. The van der Waals surface area contributed by atoms with Gasteiger partial charge >= 0.3 is 0 Å². The Balaban J connectivity index is 1.60. The summed E-state index contributed by atoms with van der Waals surface area (Å²) in [4.78, 5) is 18.0. The number of rotatable bonds is 6. The topological polar surface area (TPSA) is 92.5 Å². The Hall–Kier alpha value is -4.72. The molecule has 42 heavy (non-hydrogen) atoms. The van der Waals surface area contributed by atoms with Crippen molar-refractivity contribution in [3.8, 4) is 33.0 Å². The number of furan rings is 1. The normalized spacial score (nSPS) is 11.5. The van der Waals surface area contributed by atoms with E-state index in [4.69, 9.17) is 9.40 Å². The van der Waals surface area contributed by atoms with Crippen LogP contribution in [0.4, 0.5) is 10.1 Å². The predicted molar refractivity (Wildman–Crippen MR) is 165 cm³/mol. The zero-order valence-corrected chi connectivity index (χ0v) is 24.7. The van der Waals surface area contributed by atoms with Crippen LogP contribution in [0.5, 0.6) is 0 Å². The molecule has 0 fully saturated rings. The minimum Gasteiger partial charge on any atom is -0.454 e. The average Bonchev–Trinajstić information content (AvgIpc) is 3.58. The highest BCUT2D eigenvalue weighted by Crippen LogP contribution is 2.42. The van der Waals surface area contributed by atoms with E-state index >= 15 is 0 Å². The van der Waals surface area contributed by atoms with Gasteiger partial charge in [-0.25, -0.2) is 13.4 Å². The molecular formula is C32H24FN3O4S2. The van der Waals surface area contributed by atoms with Crippen molar-refractivity contribution in [2.75, 3.05) is 24.7 Å². The molecule has 0 saturated heterocycles. The lowest BCUT2D eigenvalue weighted by Gasteiger charge is -2.21. The van der Waals surface area contributed by atoms with Gasteiger partial charge in [-0.2, -0.15) is 4.39 Å². The Morgan fingerprint density at radius 3 is 2.50 bits per heavy atom. The molecule has 4 aromatic carbocycles. The van der Waals surface area contributed by atoms with Crippen molar-refractivity contribution < 1.29 is 22.0 Å². The van der Waals surface area contributed by atoms with Crippen LogP contribution in [0.25, 0.3) is 54.2 Å². The molecule has 0 aliphatic carbocycles. The molecule has 6 rings (SSSR count). The van der Waals surface area contributed by atoms with Crippen LogP contribution in [0.2, 0.25) is 0 Å². The van der Waals surface area contributed by atoms with Gasteiger partial charge in [0.25, 0.3) is 5.91 Å². The zero-order valence-electron chi connectivity index (χ0n) is 23.1. The van der Waals surface area contributed by atoms with Gasteiger partial charge in [-0.3, -0.25) is 9.10 Å². The van der Waals surface area contributed by atoms with Crippen molar-refractivity contribution in [1.82, 2.24) is 10.3 Å². The molecule has 2 heterocycles. The van der Waals surface area contributed by atoms with Gasteiger partial charge < -0.3 is 9.73 Å². The van der Waals surface area contributed by atoms with E-state index in [1.54, 1.807) is 23.5 Å². The number of fused-ring (bicyclic) bond motifs is 2. The highest BCUT2D eigenvalue weighted by Gasteiger charge is 2.26. The molecule has 0 saturated carbocycles. The zero-order chi connectivity index (χ0) is 29.8. The number of para-hydroxylation sites is 1. The maximum absolute atomic E-state index is 13.6. The molecule has 0 aliphatic rings. The number of nitrogens with one attached hydrogen (secondary N) is 1. The highest BCUT2D eigenvalue weighted by molar-refractivity contribution is 7.92. The lowest BCUT2D eigenvalue weighted by Crippen LogP contribution is -2.25. The maximum Gasteiger partial charge on any atom is 0.255 e. The summed E-state index contributed by atoms with van der Waals surface area (Å²) in [6, 6.07) is 24.8. The SMILES string of the molecule is CNC(=O)c1c(-c2c#cc(F)cc2)oc2cc(N(C)S(C)(=O)=O)c(-c3cccc(-c4nc5c(C)cccc5s4)c3)cc12. The van der Waals surface area contributed by atoms with E-state index in [1.165, 1.54) is 30.5 Å². The van der Waals surface area contributed by atoms with Crippen LogP contribution in [-0.4, -0.2) is 39.7 Å². The molecule has 2 aromatic heterocycles. The van der Waals surface area contributed by atoms with Crippen molar-refractivity contribution in [2.45, 2.75) is 6.92 Å². The molecule has 10 heteroatoms. The van der Waals surface area contributed by atoms with E-state index < -0.39 is 21.7 Å². The first-order chi connectivity index (χ1) is 20.0. The van der Waals surface area contributed by atoms with Gasteiger partial charge in [-0.05, 0) is 54.4 Å². The first kappa shape index (κ1) is 27.4. The molecule has 1 N–H and O–H groups in total. The number of nitrogens with zero attached hydrogens (tertiary/aromatic N) is 2. The van der Waals surface area contributed by atoms with Crippen LogP contribution in [0, 0.1) is 24.9 Å². The number of sulfonamides is 1. The second kappa shape index (κ2) is 10.3. The lowest BCUT2D eigenvalue weighted by molar-refractivity contribution is 0.0964. The summed E-state index contributed by atoms with van der Waals surface area (Å²) in [5, 5.41) is 3.93. The summed E-state index contributed by atoms with van der Waals surface area (Å²) in [6.45, 7) is 2.02. The van der Waals surface area contributed by atoms with Crippen LogP contribution in [0.1, 0.15) is 15.9 Å². The third-order valence-corrected chi connectivity index (χ3v) is 9.36. The Morgan fingerprint density at radius 2 is 1.81 bits per heavy atom. The maximum atomic E-state index is 13.6. The Morgan fingerprint density at radius 1 is 1.05 bits per heavy atom. The molecule has 0 radical (unpaired) electrons. The van der Waals surface area contributed by atoms with Gasteiger partial charge in [-0.1, -0.05) is 36.4 Å². The summed E-state index contributed by atoms with van der Waals surface area (Å²) in [7, 11) is -0.705. The van der Waals surface area contributed by atoms with Crippen molar-refractivity contribution in [1.29, 1.82) is 0 Å². The smallest absolute Gasteiger partial charge is 0.255 e. The minimum atomic E-state index is -3.67. The molecule has 210 valence electrons. The quantitative estimate of drug-likeness (QED) is 0.227. The first-order valence-electron chi connectivity index (χ1n) is 12.9. The fourth-order valence-corrected chi connectivity index (χ4v) is 6.42. The molecule has 6 aromatic rings. The summed E-state index contributed by atoms with van der Waals surface area (Å²) >= 11 is 1.58. The van der Waals surface area contributed by atoms with E-state index in [2.05, 4.69) is 17.4 Å². The number of benzene rings is 3. The van der Waals surface area contributed by atoms with E-state index in [1.807, 2.05) is 49.4 Å². The number of aromatic nitrogens is 1. The number of hydrogen-bond donors (Lipinski definition) is 1. The third-order valence-electron chi connectivity index (χ3n) is 7.10. The van der Waals surface area contributed by atoms with E-state index in [-0.39, 0.29) is 16.9 Å². The number of carbonyl (C=O) groups excluding carboxylic acids is 1. The van der Waals surface area contributed by atoms with Gasteiger partial charge in [0.15, 0.2) is 11.6 Å². The van der Waals surface area contributed by atoms with Gasteiger partial charge in [0, 0.05) is 36.7 Å². The first-order valence-corrected chi connectivity index (χ1v) is 15.5. The van der Waals surface area contributed by atoms with Crippen LogP contribution in [0.3, 0.4) is 0 Å². The molecule has 1 amide bonds. The fourth-order valence-electron chi connectivity index (χ4n) is 4.87. The number of carbonyl (C=O) groups is 1. The number of thiazole rings is 1. The van der Waals surface area contributed by atoms with Crippen molar-refractivity contribution >= 4 is 54.1 Å². The monoisotopic (exact) mass is 597 g/mol. The van der Waals surface area contributed by atoms with E-state index in [9.17, 15) is 17.6 Å². The second-order valence-corrected chi connectivity index (χ2v) is 12.9. The molecule has 0 atom stereocenters. The summed E-state index contributed by atoms with van der Waals surface area (Å²) in [6.07, 6.45) is 1.12. The summed E-state index contributed by atoms with van der Waals surface area (Å²) in [5.41, 5.74) is 5.39. The molecule has 0 spiro atoms. The largest absolute Gasteiger partial charge is 0.454 e. The number of halogens is 1. The Bertz CT molecular complexity index is 2120. The number of amides is 1. The standard InChI is InChI=1S/C32H24FN3O4S2/c1-18-7-5-10-27-29(18)35-32(41-27)21-9-6-8-20(15-21)23-16-24-26(17-25(23)36(3)42(4,38)39)40-30(28(24)31(37)34-2)19-11-13-22(33)14-12-19/h5-11,13,15-17H,1-4H3,(H,34,37). The highest BCUT2D eigenvalue weighted by atomic mass is 32.2. The van der Waals surface area contributed by atoms with Crippen molar-refractivity contribution in [3.63, 3.8) is 0 Å². The lowest BCUT2D eigenvalue weighted by atomic mass is 9.97. The van der Waals surface area contributed by atoms with Gasteiger partial charge in [-0.15, -0.1) is 11.3 Å². The fraction of sp³-hybridized carbons (Fsp3) is 0.125. The third kappa shape index (κ3) is 4.76. The van der Waals surface area contributed by atoms with Crippen LogP contribution in [0.15, 0.2) is 71.1 Å².